The van der Waals surface area contributed by atoms with Crippen molar-refractivity contribution in [1.82, 2.24) is 4.90 Å². The molecule has 0 aromatic heterocycles. The van der Waals surface area contributed by atoms with Crippen molar-refractivity contribution in [2.75, 3.05) is 7.11 Å². The third kappa shape index (κ3) is 4.10. The third-order valence-electron chi connectivity index (χ3n) is 5.39. The van der Waals surface area contributed by atoms with Gasteiger partial charge in [0.15, 0.2) is 5.17 Å². The van der Waals surface area contributed by atoms with Crippen molar-refractivity contribution >= 4 is 28.8 Å². The molecule has 0 unspecified atom stereocenters. The van der Waals surface area contributed by atoms with E-state index in [2.05, 4.69) is 4.99 Å². The van der Waals surface area contributed by atoms with Gasteiger partial charge in [0, 0.05) is 0 Å². The van der Waals surface area contributed by atoms with Crippen LogP contribution < -0.4 is 4.74 Å². The second-order valence-corrected chi connectivity index (χ2v) is 8.52. The zero-order valence-electron chi connectivity index (χ0n) is 17.7. The predicted octanol–water partition coefficient (Wildman–Crippen LogP) is 4.48. The molecule has 6 nitrogen and oxygen atoms in total. The van der Waals surface area contributed by atoms with Gasteiger partial charge >= 0.3 is 5.97 Å². The first-order chi connectivity index (χ1) is 15.0. The zero-order valence-corrected chi connectivity index (χ0v) is 18.5. The van der Waals surface area contributed by atoms with Crippen LogP contribution in [0.25, 0.3) is 0 Å². The molecule has 31 heavy (non-hydrogen) atoms. The maximum atomic E-state index is 13.2. The molecule has 0 bridgehead atoms. The highest BCUT2D eigenvalue weighted by Gasteiger charge is 2.47. The van der Waals surface area contributed by atoms with Gasteiger partial charge in [-0.1, -0.05) is 61.2 Å². The number of hydrogen-bond acceptors (Lipinski definition) is 6. The molecule has 4 rings (SSSR count). The monoisotopic (exact) mass is 436 g/mol. The van der Waals surface area contributed by atoms with E-state index in [0.717, 1.165) is 11.1 Å². The molecule has 0 radical (unpaired) electrons. The average molecular weight is 437 g/mol. The minimum Gasteiger partial charge on any atom is -0.497 e. The fourth-order valence-electron chi connectivity index (χ4n) is 3.75. The fraction of sp³-hybridized carbons (Fsp3) is 0.292. The minimum atomic E-state index is -0.585. The smallest absolute Gasteiger partial charge is 0.338 e. The van der Waals surface area contributed by atoms with E-state index in [1.54, 1.807) is 18.9 Å². The second kappa shape index (κ2) is 8.98. The van der Waals surface area contributed by atoms with Crippen LogP contribution in [0.2, 0.25) is 0 Å². The Balaban J connectivity index is 1.70. The van der Waals surface area contributed by atoms with Gasteiger partial charge in [0.25, 0.3) is 0 Å². The third-order valence-corrected chi connectivity index (χ3v) is 6.70. The maximum absolute atomic E-state index is 13.2. The number of allylic oxidation sites excluding steroid dienone is 1. The number of ether oxygens (including phenoxy) is 2. The van der Waals surface area contributed by atoms with Crippen LogP contribution in [-0.2, 0) is 20.9 Å². The number of amidine groups is 1. The summed E-state index contributed by atoms with van der Waals surface area (Å²) in [6, 6.07) is 16.3. The summed E-state index contributed by atoms with van der Waals surface area (Å²) in [7, 11) is 1.60. The van der Waals surface area contributed by atoms with E-state index < -0.39 is 12.0 Å². The number of methoxy groups -OCH3 is 1. The summed E-state index contributed by atoms with van der Waals surface area (Å²) in [5.74, 6) is 0.201. The molecule has 1 fully saturated rings. The van der Waals surface area contributed by atoms with Gasteiger partial charge in [-0.05, 0) is 36.6 Å². The molecule has 2 aromatic carbocycles. The fourth-order valence-corrected chi connectivity index (χ4v) is 4.89. The number of thioether (sulfide) groups is 1. The van der Waals surface area contributed by atoms with Gasteiger partial charge in [-0.3, -0.25) is 9.69 Å². The van der Waals surface area contributed by atoms with Crippen LogP contribution in [0.5, 0.6) is 5.75 Å². The molecule has 1 amide bonds. The number of aliphatic imine (C=N–C) groups is 1. The molecular formula is C24H24N2O4S. The van der Waals surface area contributed by atoms with Crippen molar-refractivity contribution in [1.29, 1.82) is 0 Å². The second-order valence-electron chi connectivity index (χ2n) is 7.35. The van der Waals surface area contributed by atoms with Crippen molar-refractivity contribution in [3.63, 3.8) is 0 Å². The SMILES string of the molecule is CC[C@H]1SC2=NC(C)=C(C(=O)OCc3ccccc3)[C@@H](c3ccc(OC)cc3)N2C1=O. The molecule has 0 spiro atoms. The Morgan fingerprint density at radius 2 is 1.84 bits per heavy atom. The summed E-state index contributed by atoms with van der Waals surface area (Å²) in [6.07, 6.45) is 0.696. The Kier molecular flexibility index (Phi) is 6.13. The maximum Gasteiger partial charge on any atom is 0.338 e. The lowest BCUT2D eigenvalue weighted by Gasteiger charge is -2.33. The Bertz CT molecular complexity index is 1050. The molecule has 2 aromatic rings. The topological polar surface area (TPSA) is 68.2 Å². The van der Waals surface area contributed by atoms with Crippen LogP contribution in [0, 0.1) is 0 Å². The minimum absolute atomic E-state index is 0.0343. The van der Waals surface area contributed by atoms with Crippen molar-refractivity contribution in [3.05, 3.63) is 77.0 Å². The first-order valence-electron chi connectivity index (χ1n) is 10.2. The Labute approximate surface area is 185 Å². The lowest BCUT2D eigenvalue weighted by atomic mass is 9.94. The van der Waals surface area contributed by atoms with Gasteiger partial charge in [-0.15, -0.1) is 0 Å². The van der Waals surface area contributed by atoms with E-state index in [-0.39, 0.29) is 17.8 Å². The Hall–Kier alpha value is -3.06. The van der Waals surface area contributed by atoms with E-state index in [9.17, 15) is 9.59 Å². The number of fused-ring (bicyclic) bond motifs is 1. The van der Waals surface area contributed by atoms with E-state index in [1.165, 1.54) is 11.8 Å². The number of amides is 1. The summed E-state index contributed by atoms with van der Waals surface area (Å²) in [6.45, 7) is 3.93. The van der Waals surface area contributed by atoms with E-state index in [1.807, 2.05) is 61.5 Å². The largest absolute Gasteiger partial charge is 0.497 e. The first-order valence-corrected chi connectivity index (χ1v) is 11.1. The molecule has 2 aliphatic heterocycles. The molecule has 160 valence electrons. The van der Waals surface area contributed by atoms with Gasteiger partial charge in [0.05, 0.1) is 29.7 Å². The van der Waals surface area contributed by atoms with E-state index in [0.29, 0.717) is 28.6 Å². The van der Waals surface area contributed by atoms with Gasteiger partial charge in [0.1, 0.15) is 12.4 Å². The molecule has 0 N–H and O–H groups in total. The summed E-state index contributed by atoms with van der Waals surface area (Å²) in [5, 5.41) is 0.432. The summed E-state index contributed by atoms with van der Waals surface area (Å²) < 4.78 is 10.9. The molecule has 7 heteroatoms. The molecule has 0 aliphatic carbocycles. The molecule has 2 aliphatic rings. The number of esters is 1. The lowest BCUT2D eigenvalue weighted by Crippen LogP contribution is -2.40. The first kappa shape index (κ1) is 21.2. The molecule has 2 heterocycles. The van der Waals surface area contributed by atoms with Gasteiger partial charge in [-0.25, -0.2) is 9.79 Å². The summed E-state index contributed by atoms with van der Waals surface area (Å²) in [5.41, 5.74) is 2.66. The Morgan fingerprint density at radius 1 is 1.13 bits per heavy atom. The number of hydrogen-bond donors (Lipinski definition) is 0. The van der Waals surface area contributed by atoms with Crippen molar-refractivity contribution in [2.24, 2.45) is 4.99 Å². The highest BCUT2D eigenvalue weighted by Crippen LogP contribution is 2.44. The van der Waals surface area contributed by atoms with Crippen LogP contribution in [0.1, 0.15) is 37.4 Å². The number of nitrogens with zero attached hydrogens (tertiary/aromatic N) is 2. The van der Waals surface area contributed by atoms with E-state index >= 15 is 0 Å². The van der Waals surface area contributed by atoms with Crippen molar-refractivity contribution in [3.8, 4) is 5.75 Å². The van der Waals surface area contributed by atoms with Crippen LogP contribution in [0.3, 0.4) is 0 Å². The molecule has 0 saturated carbocycles. The van der Waals surface area contributed by atoms with Crippen molar-refractivity contribution in [2.45, 2.75) is 38.2 Å². The quantitative estimate of drug-likeness (QED) is 0.625. The number of carbonyl (C=O) groups excluding carboxylic acids is 2. The summed E-state index contributed by atoms with van der Waals surface area (Å²) >= 11 is 1.45. The van der Waals surface area contributed by atoms with Crippen LogP contribution in [0.15, 0.2) is 70.9 Å². The Morgan fingerprint density at radius 3 is 2.48 bits per heavy atom. The average Bonchev–Trinajstić information content (AvgIpc) is 3.12. The highest BCUT2D eigenvalue weighted by molar-refractivity contribution is 8.15. The van der Waals surface area contributed by atoms with Crippen LogP contribution >= 0.6 is 11.8 Å². The number of benzene rings is 2. The molecule has 1 saturated heterocycles. The van der Waals surface area contributed by atoms with Gasteiger partial charge in [-0.2, -0.15) is 0 Å². The molecule has 2 atom stereocenters. The number of carbonyl (C=O) groups is 2. The van der Waals surface area contributed by atoms with E-state index in [4.69, 9.17) is 9.47 Å². The van der Waals surface area contributed by atoms with Crippen LogP contribution in [0.4, 0.5) is 0 Å². The standard InChI is InChI=1S/C24H24N2O4S/c1-4-19-22(27)26-21(17-10-12-18(29-3)13-11-17)20(15(2)25-24(26)31-19)23(28)30-14-16-8-6-5-7-9-16/h5-13,19,21H,4,14H2,1-3H3/t19-,21-/m1/s1. The predicted molar refractivity (Wildman–Crippen MR) is 121 cm³/mol. The zero-order chi connectivity index (χ0) is 22.0. The highest BCUT2D eigenvalue weighted by atomic mass is 32.2. The van der Waals surface area contributed by atoms with Crippen LogP contribution in [-0.4, -0.2) is 34.3 Å². The summed E-state index contributed by atoms with van der Waals surface area (Å²) in [4.78, 5) is 32.6. The lowest BCUT2D eigenvalue weighted by molar-refractivity contribution is -0.141. The normalized spacial score (nSPS) is 20.4. The number of rotatable bonds is 6. The van der Waals surface area contributed by atoms with Gasteiger partial charge in [0.2, 0.25) is 5.91 Å². The molecular weight excluding hydrogens is 412 g/mol. The van der Waals surface area contributed by atoms with Crippen molar-refractivity contribution < 1.29 is 19.1 Å². The van der Waals surface area contributed by atoms with Gasteiger partial charge < -0.3 is 9.47 Å².